The Bertz CT molecular complexity index is 384. The second-order valence-corrected chi connectivity index (χ2v) is 4.87. The molecule has 86 valence electrons. The standard InChI is InChI=1S/C14H19NO/c1-2-13(15-12-4-5-12)10-3-6-14-11(9-10)7-8-16-14/h3,6,9,12-13,15H,2,4-5,7-8H2,1H3. The van der Waals surface area contributed by atoms with Crippen molar-refractivity contribution >= 4 is 0 Å². The van der Waals surface area contributed by atoms with Gasteiger partial charge in [-0.25, -0.2) is 0 Å². The summed E-state index contributed by atoms with van der Waals surface area (Å²) in [4.78, 5) is 0. The van der Waals surface area contributed by atoms with Crippen LogP contribution in [0.4, 0.5) is 0 Å². The minimum Gasteiger partial charge on any atom is -0.493 e. The molecule has 2 nitrogen and oxygen atoms in total. The highest BCUT2D eigenvalue weighted by Gasteiger charge is 2.25. The van der Waals surface area contributed by atoms with Crippen LogP contribution in [0.15, 0.2) is 18.2 Å². The number of fused-ring (bicyclic) bond motifs is 1. The monoisotopic (exact) mass is 217 g/mol. The molecule has 1 atom stereocenters. The molecule has 1 aliphatic carbocycles. The lowest BCUT2D eigenvalue weighted by Crippen LogP contribution is -2.22. The molecule has 0 saturated heterocycles. The molecule has 1 aromatic carbocycles. The van der Waals surface area contributed by atoms with Crippen LogP contribution in [0.3, 0.4) is 0 Å². The first-order valence-corrected chi connectivity index (χ1v) is 6.38. The minimum absolute atomic E-state index is 0.526. The van der Waals surface area contributed by atoms with E-state index in [0.717, 1.165) is 31.2 Å². The third-order valence-corrected chi connectivity index (χ3v) is 3.54. The van der Waals surface area contributed by atoms with E-state index in [0.29, 0.717) is 6.04 Å². The smallest absolute Gasteiger partial charge is 0.122 e. The Kier molecular flexibility index (Phi) is 2.60. The van der Waals surface area contributed by atoms with Gasteiger partial charge in [-0.15, -0.1) is 0 Å². The molecule has 1 unspecified atom stereocenters. The maximum Gasteiger partial charge on any atom is 0.122 e. The van der Waals surface area contributed by atoms with Gasteiger partial charge in [0.2, 0.25) is 0 Å². The van der Waals surface area contributed by atoms with Crippen molar-refractivity contribution in [2.75, 3.05) is 6.61 Å². The maximum atomic E-state index is 5.54. The van der Waals surface area contributed by atoms with E-state index in [2.05, 4.69) is 30.4 Å². The zero-order valence-corrected chi connectivity index (χ0v) is 9.83. The summed E-state index contributed by atoms with van der Waals surface area (Å²) in [5, 5.41) is 3.71. The van der Waals surface area contributed by atoms with Crippen molar-refractivity contribution in [3.63, 3.8) is 0 Å². The number of ether oxygens (including phenoxy) is 1. The Morgan fingerprint density at radius 3 is 3.06 bits per heavy atom. The first kappa shape index (κ1) is 10.2. The fourth-order valence-corrected chi connectivity index (χ4v) is 2.41. The number of hydrogen-bond acceptors (Lipinski definition) is 2. The number of rotatable bonds is 4. The van der Waals surface area contributed by atoms with E-state index in [1.165, 1.54) is 24.0 Å². The van der Waals surface area contributed by atoms with Crippen LogP contribution in [0.2, 0.25) is 0 Å². The van der Waals surface area contributed by atoms with Gasteiger partial charge in [0.15, 0.2) is 0 Å². The first-order valence-electron chi connectivity index (χ1n) is 6.38. The van der Waals surface area contributed by atoms with Crippen LogP contribution in [-0.2, 0) is 6.42 Å². The van der Waals surface area contributed by atoms with E-state index in [9.17, 15) is 0 Å². The lowest BCUT2D eigenvalue weighted by molar-refractivity contribution is 0.356. The lowest BCUT2D eigenvalue weighted by Gasteiger charge is -2.17. The highest BCUT2D eigenvalue weighted by Crippen LogP contribution is 2.31. The van der Waals surface area contributed by atoms with E-state index in [-0.39, 0.29) is 0 Å². The maximum absolute atomic E-state index is 5.54. The van der Waals surface area contributed by atoms with Gasteiger partial charge in [0, 0.05) is 18.5 Å². The van der Waals surface area contributed by atoms with Gasteiger partial charge < -0.3 is 10.1 Å². The summed E-state index contributed by atoms with van der Waals surface area (Å²) in [6, 6.07) is 7.97. The fourth-order valence-electron chi connectivity index (χ4n) is 2.41. The Labute approximate surface area is 97.0 Å². The predicted octanol–water partition coefficient (Wildman–Crippen LogP) is 2.82. The molecule has 1 aromatic rings. The third-order valence-electron chi connectivity index (χ3n) is 3.54. The van der Waals surface area contributed by atoms with Gasteiger partial charge in [-0.1, -0.05) is 19.1 Å². The van der Waals surface area contributed by atoms with Gasteiger partial charge in [-0.05, 0) is 36.5 Å². The normalized spacial score (nSPS) is 20.3. The van der Waals surface area contributed by atoms with Crippen LogP contribution >= 0.6 is 0 Å². The fraction of sp³-hybridized carbons (Fsp3) is 0.571. The van der Waals surface area contributed by atoms with Crippen LogP contribution in [0.25, 0.3) is 0 Å². The third kappa shape index (κ3) is 1.94. The average Bonchev–Trinajstić information content (AvgIpc) is 3.01. The van der Waals surface area contributed by atoms with Gasteiger partial charge in [0.05, 0.1) is 6.61 Å². The Balaban J connectivity index is 1.80. The molecule has 1 N–H and O–H groups in total. The van der Waals surface area contributed by atoms with Crippen molar-refractivity contribution in [2.45, 2.75) is 44.7 Å². The molecule has 0 aromatic heterocycles. The quantitative estimate of drug-likeness (QED) is 0.837. The van der Waals surface area contributed by atoms with Crippen LogP contribution in [0, 0.1) is 0 Å². The van der Waals surface area contributed by atoms with E-state index >= 15 is 0 Å². The molecule has 0 amide bonds. The van der Waals surface area contributed by atoms with Crippen molar-refractivity contribution < 1.29 is 4.74 Å². The van der Waals surface area contributed by atoms with Crippen molar-refractivity contribution in [3.05, 3.63) is 29.3 Å². The largest absolute Gasteiger partial charge is 0.493 e. The molecule has 1 saturated carbocycles. The lowest BCUT2D eigenvalue weighted by atomic mass is 10.0. The van der Waals surface area contributed by atoms with Crippen molar-refractivity contribution in [3.8, 4) is 5.75 Å². The van der Waals surface area contributed by atoms with Crippen molar-refractivity contribution in [2.24, 2.45) is 0 Å². The summed E-state index contributed by atoms with van der Waals surface area (Å²) in [7, 11) is 0. The molecule has 2 aliphatic rings. The molecule has 2 heteroatoms. The number of hydrogen-bond donors (Lipinski definition) is 1. The van der Waals surface area contributed by atoms with Crippen molar-refractivity contribution in [1.29, 1.82) is 0 Å². The Hall–Kier alpha value is -1.02. The predicted molar refractivity (Wildman–Crippen MR) is 64.8 cm³/mol. The molecular weight excluding hydrogens is 198 g/mol. The molecule has 0 bridgehead atoms. The van der Waals surface area contributed by atoms with Crippen LogP contribution in [0.5, 0.6) is 5.75 Å². The molecular formula is C14H19NO. The SMILES string of the molecule is CCC(NC1CC1)c1ccc2c(c1)CCO2. The van der Waals surface area contributed by atoms with Crippen LogP contribution in [0.1, 0.15) is 43.4 Å². The van der Waals surface area contributed by atoms with Gasteiger partial charge >= 0.3 is 0 Å². The molecule has 3 rings (SSSR count). The molecule has 1 heterocycles. The summed E-state index contributed by atoms with van der Waals surface area (Å²) >= 11 is 0. The van der Waals surface area contributed by atoms with E-state index < -0.39 is 0 Å². The summed E-state index contributed by atoms with van der Waals surface area (Å²) in [6.07, 6.45) is 4.94. The molecule has 0 spiro atoms. The minimum atomic E-state index is 0.526. The second-order valence-electron chi connectivity index (χ2n) is 4.87. The van der Waals surface area contributed by atoms with Crippen LogP contribution in [-0.4, -0.2) is 12.6 Å². The Morgan fingerprint density at radius 2 is 2.31 bits per heavy atom. The highest BCUT2D eigenvalue weighted by molar-refractivity contribution is 5.40. The van der Waals surface area contributed by atoms with Gasteiger partial charge in [-0.3, -0.25) is 0 Å². The number of benzene rings is 1. The van der Waals surface area contributed by atoms with Gasteiger partial charge in [0.25, 0.3) is 0 Å². The van der Waals surface area contributed by atoms with Crippen LogP contribution < -0.4 is 10.1 Å². The summed E-state index contributed by atoms with van der Waals surface area (Å²) in [5.74, 6) is 1.09. The number of nitrogens with one attached hydrogen (secondary N) is 1. The van der Waals surface area contributed by atoms with E-state index in [1.807, 2.05) is 0 Å². The van der Waals surface area contributed by atoms with E-state index in [4.69, 9.17) is 4.74 Å². The highest BCUT2D eigenvalue weighted by atomic mass is 16.5. The van der Waals surface area contributed by atoms with Gasteiger partial charge in [0.1, 0.15) is 5.75 Å². The zero-order chi connectivity index (χ0) is 11.0. The molecule has 16 heavy (non-hydrogen) atoms. The molecule has 1 aliphatic heterocycles. The second kappa shape index (κ2) is 4.10. The van der Waals surface area contributed by atoms with E-state index in [1.54, 1.807) is 0 Å². The summed E-state index contributed by atoms with van der Waals surface area (Å²) in [6.45, 7) is 3.11. The Morgan fingerprint density at radius 1 is 1.44 bits per heavy atom. The average molecular weight is 217 g/mol. The zero-order valence-electron chi connectivity index (χ0n) is 9.83. The summed E-state index contributed by atoms with van der Waals surface area (Å²) < 4.78 is 5.54. The topological polar surface area (TPSA) is 21.3 Å². The first-order chi connectivity index (χ1) is 7.86. The molecule has 0 radical (unpaired) electrons. The summed E-state index contributed by atoms with van der Waals surface area (Å²) in [5.41, 5.74) is 2.81. The van der Waals surface area contributed by atoms with Crippen molar-refractivity contribution in [1.82, 2.24) is 5.32 Å². The van der Waals surface area contributed by atoms with Gasteiger partial charge in [-0.2, -0.15) is 0 Å². The molecule has 1 fully saturated rings.